The summed E-state index contributed by atoms with van der Waals surface area (Å²) in [6, 6.07) is 5.09. The first-order valence-electron chi connectivity index (χ1n) is 3.70. The number of rotatable bonds is 2. The Morgan fingerprint density at radius 3 is 2.69 bits per heavy atom. The first kappa shape index (κ1) is 10.2. The van der Waals surface area contributed by atoms with Gasteiger partial charge in [-0.25, -0.2) is 4.79 Å². The zero-order valence-electron chi connectivity index (χ0n) is 6.99. The molecule has 1 aromatic rings. The van der Waals surface area contributed by atoms with Crippen LogP contribution in [0.1, 0.15) is 17.2 Å². The summed E-state index contributed by atoms with van der Waals surface area (Å²) in [5, 5.41) is 17.9. The van der Waals surface area contributed by atoms with Crippen molar-refractivity contribution in [2.75, 3.05) is 0 Å². The molecule has 0 aliphatic rings. The first-order chi connectivity index (χ1) is 6.04. The van der Waals surface area contributed by atoms with Crippen LogP contribution in [0.15, 0.2) is 22.7 Å². The molecule has 0 spiro atoms. The minimum atomic E-state index is -1.45. The van der Waals surface area contributed by atoms with Crippen molar-refractivity contribution in [2.45, 2.75) is 13.0 Å². The molecule has 0 bridgehead atoms. The average Bonchev–Trinajstić information content (AvgIpc) is 2.08. The molecule has 0 heterocycles. The van der Waals surface area contributed by atoms with Gasteiger partial charge in [-0.15, -0.1) is 0 Å². The summed E-state index contributed by atoms with van der Waals surface area (Å²) in [7, 11) is 0. The van der Waals surface area contributed by atoms with E-state index in [4.69, 9.17) is 5.11 Å². The normalized spacial score (nSPS) is 12.5. The fourth-order valence-electron chi connectivity index (χ4n) is 1.05. The maximum absolute atomic E-state index is 10.5. The Bertz CT molecular complexity index is 336. The Morgan fingerprint density at radius 1 is 1.54 bits per heavy atom. The van der Waals surface area contributed by atoms with Gasteiger partial charge in [0.25, 0.3) is 0 Å². The molecule has 0 radical (unpaired) electrons. The summed E-state index contributed by atoms with van der Waals surface area (Å²) >= 11 is 3.26. The van der Waals surface area contributed by atoms with Gasteiger partial charge in [0, 0.05) is 4.47 Å². The van der Waals surface area contributed by atoms with Crippen LogP contribution in [0.5, 0.6) is 0 Å². The lowest BCUT2D eigenvalue weighted by Gasteiger charge is -2.10. The predicted molar refractivity (Wildman–Crippen MR) is 51.5 cm³/mol. The fraction of sp³-hybridized carbons (Fsp3) is 0.222. The maximum atomic E-state index is 10.5. The highest BCUT2D eigenvalue weighted by molar-refractivity contribution is 9.10. The third kappa shape index (κ3) is 2.08. The van der Waals surface area contributed by atoms with Gasteiger partial charge < -0.3 is 10.2 Å². The largest absolute Gasteiger partial charge is 0.479 e. The van der Waals surface area contributed by atoms with E-state index in [0.29, 0.717) is 5.56 Å². The fourth-order valence-corrected chi connectivity index (χ4v) is 1.43. The van der Waals surface area contributed by atoms with Crippen molar-refractivity contribution in [3.63, 3.8) is 0 Å². The number of hydrogen-bond acceptors (Lipinski definition) is 2. The van der Waals surface area contributed by atoms with Gasteiger partial charge >= 0.3 is 5.97 Å². The summed E-state index contributed by atoms with van der Waals surface area (Å²) in [6.07, 6.45) is -1.45. The van der Waals surface area contributed by atoms with Crippen LogP contribution in [0.3, 0.4) is 0 Å². The molecule has 3 nitrogen and oxygen atoms in total. The summed E-state index contributed by atoms with van der Waals surface area (Å²) in [6.45, 7) is 1.76. The van der Waals surface area contributed by atoms with Crippen LogP contribution >= 0.6 is 15.9 Å². The molecule has 2 N–H and O–H groups in total. The molecule has 0 fully saturated rings. The number of aliphatic hydroxyl groups is 1. The first-order valence-corrected chi connectivity index (χ1v) is 4.49. The molecule has 1 aromatic carbocycles. The quantitative estimate of drug-likeness (QED) is 0.836. The Hall–Kier alpha value is -0.870. The van der Waals surface area contributed by atoms with Crippen molar-refractivity contribution >= 4 is 21.9 Å². The molecule has 1 unspecified atom stereocenters. The van der Waals surface area contributed by atoms with Gasteiger partial charge in [-0.3, -0.25) is 0 Å². The molecule has 1 atom stereocenters. The Kier molecular flexibility index (Phi) is 3.06. The van der Waals surface area contributed by atoms with Crippen molar-refractivity contribution in [2.24, 2.45) is 0 Å². The highest BCUT2D eigenvalue weighted by Gasteiger charge is 2.18. The summed E-state index contributed by atoms with van der Waals surface area (Å²) < 4.78 is 0.797. The smallest absolute Gasteiger partial charge is 0.337 e. The van der Waals surface area contributed by atoms with E-state index < -0.39 is 12.1 Å². The van der Waals surface area contributed by atoms with Crippen molar-refractivity contribution in [1.82, 2.24) is 0 Å². The van der Waals surface area contributed by atoms with E-state index in [0.717, 1.165) is 10.0 Å². The number of carbonyl (C=O) groups is 1. The van der Waals surface area contributed by atoms with Crippen LogP contribution in [0, 0.1) is 6.92 Å². The van der Waals surface area contributed by atoms with E-state index in [2.05, 4.69) is 15.9 Å². The number of aliphatic hydroxyl groups excluding tert-OH is 1. The monoisotopic (exact) mass is 244 g/mol. The Balaban J connectivity index is 3.15. The SMILES string of the molecule is Cc1c(Br)cccc1C(O)C(=O)O. The number of carboxylic acids is 1. The van der Waals surface area contributed by atoms with E-state index in [9.17, 15) is 9.90 Å². The van der Waals surface area contributed by atoms with E-state index in [1.54, 1.807) is 25.1 Å². The standard InChI is InChI=1S/C9H9BrO3/c1-5-6(8(11)9(12)13)3-2-4-7(5)10/h2-4,8,11H,1H3,(H,12,13). The zero-order valence-corrected chi connectivity index (χ0v) is 8.58. The minimum Gasteiger partial charge on any atom is -0.479 e. The molecule has 0 aromatic heterocycles. The average molecular weight is 245 g/mol. The van der Waals surface area contributed by atoms with Gasteiger partial charge in [0.15, 0.2) is 6.10 Å². The van der Waals surface area contributed by atoms with Gasteiger partial charge in [0.05, 0.1) is 0 Å². The maximum Gasteiger partial charge on any atom is 0.337 e. The third-order valence-corrected chi connectivity index (χ3v) is 2.70. The second-order valence-corrected chi connectivity index (χ2v) is 3.55. The predicted octanol–water partition coefficient (Wildman–Crippen LogP) is 1.88. The third-order valence-electron chi connectivity index (χ3n) is 1.84. The van der Waals surface area contributed by atoms with Crippen molar-refractivity contribution in [3.8, 4) is 0 Å². The summed E-state index contributed by atoms with van der Waals surface area (Å²) in [4.78, 5) is 10.5. The molecule has 13 heavy (non-hydrogen) atoms. The number of benzene rings is 1. The van der Waals surface area contributed by atoms with E-state index in [1.165, 1.54) is 0 Å². The summed E-state index contributed by atoms with van der Waals surface area (Å²) in [5.41, 5.74) is 1.17. The van der Waals surface area contributed by atoms with Crippen LogP contribution < -0.4 is 0 Å². The van der Waals surface area contributed by atoms with Gasteiger partial charge in [0.2, 0.25) is 0 Å². The number of aliphatic carboxylic acids is 1. The molecule has 0 saturated carbocycles. The molecule has 0 amide bonds. The second-order valence-electron chi connectivity index (χ2n) is 2.69. The van der Waals surface area contributed by atoms with Gasteiger partial charge in [-0.2, -0.15) is 0 Å². The topological polar surface area (TPSA) is 57.5 Å². The molecule has 70 valence electrons. The Morgan fingerprint density at radius 2 is 2.15 bits per heavy atom. The lowest BCUT2D eigenvalue weighted by Crippen LogP contribution is -2.11. The van der Waals surface area contributed by atoms with Crippen LogP contribution in [0.2, 0.25) is 0 Å². The van der Waals surface area contributed by atoms with Gasteiger partial charge in [-0.05, 0) is 24.1 Å². The zero-order chi connectivity index (χ0) is 10.0. The second kappa shape index (κ2) is 3.89. The Labute approximate surface area is 84.1 Å². The number of halogens is 1. The molecular formula is C9H9BrO3. The van der Waals surface area contributed by atoms with Crippen LogP contribution in [0.4, 0.5) is 0 Å². The van der Waals surface area contributed by atoms with Crippen molar-refractivity contribution < 1.29 is 15.0 Å². The van der Waals surface area contributed by atoms with E-state index in [-0.39, 0.29) is 0 Å². The van der Waals surface area contributed by atoms with Crippen LogP contribution in [-0.4, -0.2) is 16.2 Å². The molecule has 0 saturated heterocycles. The lowest BCUT2D eigenvalue weighted by molar-refractivity contribution is -0.147. The van der Waals surface area contributed by atoms with E-state index in [1.807, 2.05) is 0 Å². The lowest BCUT2D eigenvalue weighted by atomic mass is 10.0. The number of hydrogen-bond donors (Lipinski definition) is 2. The molecular weight excluding hydrogens is 236 g/mol. The van der Waals surface area contributed by atoms with Crippen LogP contribution in [0.25, 0.3) is 0 Å². The number of carboxylic acid groups (broad SMARTS) is 1. The molecule has 4 heteroatoms. The van der Waals surface area contributed by atoms with Gasteiger partial charge in [-0.1, -0.05) is 28.1 Å². The highest BCUT2D eigenvalue weighted by Crippen LogP contribution is 2.24. The summed E-state index contributed by atoms with van der Waals surface area (Å²) in [5.74, 6) is -1.23. The van der Waals surface area contributed by atoms with Gasteiger partial charge in [0.1, 0.15) is 0 Å². The van der Waals surface area contributed by atoms with Crippen molar-refractivity contribution in [1.29, 1.82) is 0 Å². The molecule has 0 aliphatic heterocycles. The molecule has 1 rings (SSSR count). The molecule has 0 aliphatic carbocycles. The van der Waals surface area contributed by atoms with Crippen molar-refractivity contribution in [3.05, 3.63) is 33.8 Å². The van der Waals surface area contributed by atoms with E-state index >= 15 is 0 Å². The minimum absolute atomic E-state index is 0.418. The van der Waals surface area contributed by atoms with Crippen LogP contribution in [-0.2, 0) is 4.79 Å². The highest BCUT2D eigenvalue weighted by atomic mass is 79.9.